The van der Waals surface area contributed by atoms with Crippen LogP contribution in [0.4, 0.5) is 16.4 Å². The number of alkyl carbamates (subject to hydrolysis) is 1. The van der Waals surface area contributed by atoms with Gasteiger partial charge in [0.05, 0.1) is 0 Å². The van der Waals surface area contributed by atoms with E-state index in [1.807, 2.05) is 32.0 Å². The summed E-state index contributed by atoms with van der Waals surface area (Å²) in [5.74, 6) is 1.66. The van der Waals surface area contributed by atoms with Crippen LogP contribution in [0.3, 0.4) is 0 Å². The van der Waals surface area contributed by atoms with Gasteiger partial charge in [-0.3, -0.25) is 5.10 Å². The molecule has 1 fully saturated rings. The molecule has 0 unspecified atom stereocenters. The van der Waals surface area contributed by atoms with Gasteiger partial charge in [-0.2, -0.15) is 10.2 Å². The number of carbonyl (C=O) groups excluding carboxylic acids is 1. The second kappa shape index (κ2) is 7.96. The van der Waals surface area contributed by atoms with Crippen LogP contribution in [-0.2, 0) is 4.74 Å². The average molecular weight is 344 g/mol. The second-order valence-corrected chi connectivity index (χ2v) is 6.43. The van der Waals surface area contributed by atoms with Crippen LogP contribution in [0.15, 0.2) is 24.4 Å². The maximum absolute atomic E-state index is 11.8. The first kappa shape index (κ1) is 17.2. The lowest BCUT2D eigenvalue weighted by atomic mass is 10.0. The Labute approximate surface area is 146 Å². The Balaban J connectivity index is 1.51. The molecular formula is C17H24N6O2. The van der Waals surface area contributed by atoms with E-state index in [2.05, 4.69) is 31.0 Å². The Hall–Kier alpha value is -2.64. The SMILES string of the molecule is CC[C@@H](C)NC(=O)O[C@@H]1CC[C@H](c2cc(Nc3cccnn3)n[nH]2)C1. The molecule has 3 rings (SSSR count). The fraction of sp³-hybridized carbons (Fsp3) is 0.529. The molecule has 2 heterocycles. The van der Waals surface area contributed by atoms with E-state index in [-0.39, 0.29) is 18.2 Å². The highest BCUT2D eigenvalue weighted by Gasteiger charge is 2.30. The van der Waals surface area contributed by atoms with Gasteiger partial charge in [-0.1, -0.05) is 6.92 Å². The molecule has 0 spiro atoms. The summed E-state index contributed by atoms with van der Waals surface area (Å²) in [6, 6.07) is 5.75. The number of anilines is 2. The Morgan fingerprint density at radius 2 is 2.32 bits per heavy atom. The lowest BCUT2D eigenvalue weighted by Crippen LogP contribution is -2.34. The summed E-state index contributed by atoms with van der Waals surface area (Å²) in [5.41, 5.74) is 1.04. The van der Waals surface area contributed by atoms with Crippen LogP contribution < -0.4 is 10.6 Å². The number of nitrogens with zero attached hydrogens (tertiary/aromatic N) is 3. The average Bonchev–Trinajstić information content (AvgIpc) is 3.25. The van der Waals surface area contributed by atoms with E-state index in [4.69, 9.17) is 4.74 Å². The number of nitrogens with one attached hydrogen (secondary N) is 3. The van der Waals surface area contributed by atoms with Gasteiger partial charge < -0.3 is 15.4 Å². The second-order valence-electron chi connectivity index (χ2n) is 6.43. The van der Waals surface area contributed by atoms with Crippen molar-refractivity contribution in [3.63, 3.8) is 0 Å². The monoisotopic (exact) mass is 344 g/mol. The van der Waals surface area contributed by atoms with Crippen molar-refractivity contribution in [2.24, 2.45) is 0 Å². The van der Waals surface area contributed by atoms with Crippen molar-refractivity contribution >= 4 is 17.7 Å². The first-order chi connectivity index (χ1) is 12.1. The zero-order valence-corrected chi connectivity index (χ0v) is 14.5. The molecule has 25 heavy (non-hydrogen) atoms. The number of carbonyl (C=O) groups is 1. The van der Waals surface area contributed by atoms with Gasteiger partial charge in [0.2, 0.25) is 0 Å². The van der Waals surface area contributed by atoms with Gasteiger partial charge in [0.25, 0.3) is 0 Å². The molecule has 1 saturated carbocycles. The predicted octanol–water partition coefficient (Wildman–Crippen LogP) is 3.10. The molecule has 134 valence electrons. The van der Waals surface area contributed by atoms with Crippen LogP contribution in [0.2, 0.25) is 0 Å². The highest BCUT2D eigenvalue weighted by molar-refractivity contribution is 5.67. The molecule has 0 aliphatic heterocycles. The lowest BCUT2D eigenvalue weighted by Gasteiger charge is -2.16. The topological polar surface area (TPSA) is 105 Å². The van der Waals surface area contributed by atoms with Crippen molar-refractivity contribution in [1.82, 2.24) is 25.7 Å². The largest absolute Gasteiger partial charge is 0.446 e. The third kappa shape index (κ3) is 4.68. The zero-order chi connectivity index (χ0) is 17.6. The van der Waals surface area contributed by atoms with Gasteiger partial charge in [0.15, 0.2) is 11.6 Å². The summed E-state index contributed by atoms with van der Waals surface area (Å²) in [5, 5.41) is 21.1. The Morgan fingerprint density at radius 1 is 1.44 bits per heavy atom. The van der Waals surface area contributed by atoms with Crippen LogP contribution in [0.25, 0.3) is 0 Å². The molecule has 0 aromatic carbocycles. The summed E-state index contributed by atoms with van der Waals surface area (Å²) < 4.78 is 5.52. The van der Waals surface area contributed by atoms with Gasteiger partial charge >= 0.3 is 6.09 Å². The number of aromatic amines is 1. The molecular weight excluding hydrogens is 320 g/mol. The maximum Gasteiger partial charge on any atom is 0.407 e. The van der Waals surface area contributed by atoms with Gasteiger partial charge in [-0.15, -0.1) is 5.10 Å². The van der Waals surface area contributed by atoms with Crippen molar-refractivity contribution in [3.05, 3.63) is 30.1 Å². The molecule has 1 aliphatic rings. The van der Waals surface area contributed by atoms with Crippen molar-refractivity contribution < 1.29 is 9.53 Å². The van der Waals surface area contributed by atoms with E-state index in [1.54, 1.807) is 6.20 Å². The van der Waals surface area contributed by atoms with Gasteiger partial charge in [-0.05, 0) is 44.7 Å². The number of H-pyrrole nitrogens is 1. The molecule has 8 heteroatoms. The highest BCUT2D eigenvalue weighted by atomic mass is 16.6. The van der Waals surface area contributed by atoms with Crippen molar-refractivity contribution in [1.29, 1.82) is 0 Å². The smallest absolute Gasteiger partial charge is 0.407 e. The quantitative estimate of drug-likeness (QED) is 0.744. The standard InChI is InChI=1S/C17H24N6O2/c1-3-11(2)19-17(24)25-13-7-6-12(9-13)14-10-16(23-21-14)20-15-5-4-8-18-22-15/h4-5,8,10-13H,3,6-7,9H2,1-2H3,(H,19,24)(H2,20,21,22,23)/t11-,12+,13-/m1/s1. The third-order valence-corrected chi connectivity index (χ3v) is 4.50. The van der Waals surface area contributed by atoms with Gasteiger partial charge in [0, 0.05) is 29.9 Å². The highest BCUT2D eigenvalue weighted by Crippen LogP contribution is 2.36. The van der Waals surface area contributed by atoms with E-state index in [9.17, 15) is 4.79 Å². The Kier molecular flexibility index (Phi) is 5.47. The molecule has 2 aromatic heterocycles. The molecule has 3 N–H and O–H groups in total. The Bertz CT molecular complexity index is 689. The van der Waals surface area contributed by atoms with Crippen LogP contribution in [0.1, 0.15) is 51.1 Å². The molecule has 0 bridgehead atoms. The lowest BCUT2D eigenvalue weighted by molar-refractivity contribution is 0.0974. The molecule has 1 amide bonds. The molecule has 8 nitrogen and oxygen atoms in total. The molecule has 3 atom stereocenters. The van der Waals surface area contributed by atoms with Crippen molar-refractivity contribution in [3.8, 4) is 0 Å². The van der Waals surface area contributed by atoms with Crippen LogP contribution in [0, 0.1) is 0 Å². The van der Waals surface area contributed by atoms with Gasteiger partial charge in [-0.25, -0.2) is 4.79 Å². The summed E-state index contributed by atoms with van der Waals surface area (Å²) >= 11 is 0. The predicted molar refractivity (Wildman–Crippen MR) is 93.7 cm³/mol. The fourth-order valence-electron chi connectivity index (χ4n) is 2.93. The van der Waals surface area contributed by atoms with Crippen LogP contribution in [0.5, 0.6) is 0 Å². The maximum atomic E-state index is 11.8. The van der Waals surface area contributed by atoms with E-state index < -0.39 is 0 Å². The van der Waals surface area contributed by atoms with E-state index in [0.717, 1.165) is 31.4 Å². The minimum Gasteiger partial charge on any atom is -0.446 e. The Morgan fingerprint density at radius 3 is 3.08 bits per heavy atom. The molecule has 0 saturated heterocycles. The van der Waals surface area contributed by atoms with Crippen LogP contribution >= 0.6 is 0 Å². The number of aromatic nitrogens is 4. The molecule has 1 aliphatic carbocycles. The van der Waals surface area contributed by atoms with E-state index in [1.165, 1.54) is 0 Å². The van der Waals surface area contributed by atoms with E-state index >= 15 is 0 Å². The summed E-state index contributed by atoms with van der Waals surface area (Å²) in [6.07, 6.45) is 4.78. The van der Waals surface area contributed by atoms with Crippen molar-refractivity contribution in [2.45, 2.75) is 57.6 Å². The number of hydrogen-bond donors (Lipinski definition) is 3. The number of amides is 1. The summed E-state index contributed by atoms with van der Waals surface area (Å²) in [7, 11) is 0. The number of ether oxygens (including phenoxy) is 1. The minimum atomic E-state index is -0.324. The minimum absolute atomic E-state index is 0.0474. The zero-order valence-electron chi connectivity index (χ0n) is 14.5. The van der Waals surface area contributed by atoms with Crippen molar-refractivity contribution in [2.75, 3.05) is 5.32 Å². The normalized spacial score (nSPS) is 20.9. The van der Waals surface area contributed by atoms with Crippen LogP contribution in [-0.4, -0.2) is 38.6 Å². The van der Waals surface area contributed by atoms with Gasteiger partial charge in [0.1, 0.15) is 6.10 Å². The first-order valence-electron chi connectivity index (χ1n) is 8.71. The molecule has 0 radical (unpaired) electrons. The van der Waals surface area contributed by atoms with E-state index in [0.29, 0.717) is 17.6 Å². The first-order valence-corrected chi connectivity index (χ1v) is 8.71. The summed E-state index contributed by atoms with van der Waals surface area (Å²) in [6.45, 7) is 4.00. The number of rotatable bonds is 6. The third-order valence-electron chi connectivity index (χ3n) is 4.50. The molecule has 2 aromatic rings. The summed E-state index contributed by atoms with van der Waals surface area (Å²) in [4.78, 5) is 11.8. The number of hydrogen-bond acceptors (Lipinski definition) is 6. The fourth-order valence-corrected chi connectivity index (χ4v) is 2.93.